The SMILES string of the molecule is CC(C)COC(=O)C(C)c1ccc2c(c1)SC[C@@H]1CCCC[C@H]1C2=O. The van der Waals surface area contributed by atoms with E-state index >= 15 is 0 Å². The van der Waals surface area contributed by atoms with E-state index in [1.807, 2.05) is 39.0 Å². The van der Waals surface area contributed by atoms with E-state index in [1.54, 1.807) is 11.8 Å². The smallest absolute Gasteiger partial charge is 0.313 e. The van der Waals surface area contributed by atoms with E-state index in [9.17, 15) is 9.59 Å². The predicted octanol–water partition coefficient (Wildman–Crippen LogP) is 5.08. The molecule has 1 aliphatic carbocycles. The molecule has 0 radical (unpaired) electrons. The van der Waals surface area contributed by atoms with E-state index < -0.39 is 0 Å². The average Bonchev–Trinajstić information content (AvgIpc) is 2.76. The van der Waals surface area contributed by atoms with Crippen LogP contribution in [-0.2, 0) is 9.53 Å². The molecule has 3 atom stereocenters. The van der Waals surface area contributed by atoms with Crippen LogP contribution in [-0.4, -0.2) is 24.1 Å². The Bertz CT molecular complexity index is 653. The first-order valence-corrected chi connectivity index (χ1v) is 10.4. The van der Waals surface area contributed by atoms with Crippen molar-refractivity contribution in [1.82, 2.24) is 0 Å². The van der Waals surface area contributed by atoms with E-state index in [1.165, 1.54) is 19.3 Å². The lowest BCUT2D eigenvalue weighted by molar-refractivity contribution is -0.146. The minimum atomic E-state index is -0.301. The number of fused-ring (bicyclic) bond motifs is 2. The van der Waals surface area contributed by atoms with Gasteiger partial charge in [-0.3, -0.25) is 9.59 Å². The lowest BCUT2D eigenvalue weighted by Crippen LogP contribution is -2.27. The van der Waals surface area contributed by atoms with Gasteiger partial charge < -0.3 is 4.74 Å². The Morgan fingerprint density at radius 2 is 2.00 bits per heavy atom. The van der Waals surface area contributed by atoms with Crippen LogP contribution in [0.3, 0.4) is 0 Å². The summed E-state index contributed by atoms with van der Waals surface area (Å²) in [7, 11) is 0. The Morgan fingerprint density at radius 3 is 2.76 bits per heavy atom. The van der Waals surface area contributed by atoms with Gasteiger partial charge in [-0.2, -0.15) is 0 Å². The monoisotopic (exact) mass is 360 g/mol. The molecule has 0 N–H and O–H groups in total. The average molecular weight is 361 g/mol. The van der Waals surface area contributed by atoms with Gasteiger partial charge in [0.1, 0.15) is 0 Å². The number of thioether (sulfide) groups is 1. The zero-order valence-corrected chi connectivity index (χ0v) is 16.2. The predicted molar refractivity (Wildman–Crippen MR) is 101 cm³/mol. The number of rotatable bonds is 4. The number of carbonyl (C=O) groups is 2. The maximum absolute atomic E-state index is 13.0. The summed E-state index contributed by atoms with van der Waals surface area (Å²) in [6.07, 6.45) is 4.62. The molecule has 0 saturated heterocycles. The first-order valence-electron chi connectivity index (χ1n) is 9.45. The van der Waals surface area contributed by atoms with Crippen molar-refractivity contribution in [1.29, 1.82) is 0 Å². The van der Waals surface area contributed by atoms with Crippen LogP contribution in [0.2, 0.25) is 0 Å². The molecular formula is C21H28O3S. The Balaban J connectivity index is 1.79. The summed E-state index contributed by atoms with van der Waals surface area (Å²) in [5, 5.41) is 0. The van der Waals surface area contributed by atoms with Gasteiger partial charge in [0.2, 0.25) is 0 Å². The summed E-state index contributed by atoms with van der Waals surface area (Å²) in [5.41, 5.74) is 1.79. The molecule has 0 spiro atoms. The number of hydrogen-bond donors (Lipinski definition) is 0. The van der Waals surface area contributed by atoms with Gasteiger partial charge in [-0.1, -0.05) is 32.8 Å². The van der Waals surface area contributed by atoms with Crippen LogP contribution < -0.4 is 0 Å². The number of carbonyl (C=O) groups excluding carboxylic acids is 2. The van der Waals surface area contributed by atoms with Crippen molar-refractivity contribution in [2.24, 2.45) is 17.8 Å². The number of Topliss-reactive ketones (excluding diaryl/α,β-unsaturated/α-hetero) is 1. The van der Waals surface area contributed by atoms with Crippen molar-refractivity contribution in [2.75, 3.05) is 12.4 Å². The number of ether oxygens (including phenoxy) is 1. The van der Waals surface area contributed by atoms with Crippen molar-refractivity contribution in [2.45, 2.75) is 57.3 Å². The molecule has 0 aromatic heterocycles. The van der Waals surface area contributed by atoms with Gasteiger partial charge >= 0.3 is 5.97 Å². The van der Waals surface area contributed by atoms with Gasteiger partial charge in [0, 0.05) is 22.1 Å². The Hall–Kier alpha value is -1.29. The Kier molecular flexibility index (Phi) is 5.88. The van der Waals surface area contributed by atoms with Crippen molar-refractivity contribution in [3.8, 4) is 0 Å². The third-order valence-electron chi connectivity index (χ3n) is 5.38. The summed E-state index contributed by atoms with van der Waals surface area (Å²) in [5.74, 6) is 1.87. The first kappa shape index (κ1) is 18.5. The normalized spacial score (nSPS) is 24.2. The molecule has 1 saturated carbocycles. The summed E-state index contributed by atoms with van der Waals surface area (Å²) in [6.45, 7) is 6.39. The first-order chi connectivity index (χ1) is 12.0. The van der Waals surface area contributed by atoms with Crippen LogP contribution in [0.5, 0.6) is 0 Å². The number of esters is 1. The molecule has 3 nitrogen and oxygen atoms in total. The van der Waals surface area contributed by atoms with Gasteiger partial charge in [-0.25, -0.2) is 0 Å². The highest BCUT2D eigenvalue weighted by Gasteiger charge is 2.35. The third-order valence-corrected chi connectivity index (χ3v) is 6.63. The second-order valence-corrected chi connectivity index (χ2v) is 8.89. The minimum Gasteiger partial charge on any atom is -0.465 e. The van der Waals surface area contributed by atoms with E-state index in [-0.39, 0.29) is 17.8 Å². The molecule has 0 bridgehead atoms. The molecule has 1 aromatic carbocycles. The van der Waals surface area contributed by atoms with E-state index in [0.717, 1.165) is 28.2 Å². The van der Waals surface area contributed by atoms with Gasteiger partial charge in [0.15, 0.2) is 5.78 Å². The molecule has 3 rings (SSSR count). The zero-order valence-electron chi connectivity index (χ0n) is 15.4. The lowest BCUT2D eigenvalue weighted by atomic mass is 9.76. The van der Waals surface area contributed by atoms with Crippen LogP contribution in [0.25, 0.3) is 0 Å². The molecule has 1 aromatic rings. The van der Waals surface area contributed by atoms with Gasteiger partial charge in [-0.15, -0.1) is 11.8 Å². The molecule has 1 unspecified atom stereocenters. The largest absolute Gasteiger partial charge is 0.465 e. The fourth-order valence-corrected chi connectivity index (χ4v) is 5.13. The maximum atomic E-state index is 13.0. The molecule has 0 amide bonds. The number of benzene rings is 1. The van der Waals surface area contributed by atoms with Gasteiger partial charge in [0.05, 0.1) is 12.5 Å². The van der Waals surface area contributed by atoms with Crippen LogP contribution in [0.15, 0.2) is 23.1 Å². The highest BCUT2D eigenvalue weighted by atomic mass is 32.2. The molecule has 25 heavy (non-hydrogen) atoms. The summed E-state index contributed by atoms with van der Waals surface area (Å²) in [6, 6.07) is 5.90. The summed E-state index contributed by atoms with van der Waals surface area (Å²) < 4.78 is 5.37. The van der Waals surface area contributed by atoms with E-state index in [2.05, 4.69) is 0 Å². The van der Waals surface area contributed by atoms with Crippen LogP contribution in [0.1, 0.15) is 68.3 Å². The maximum Gasteiger partial charge on any atom is 0.313 e. The fraction of sp³-hybridized carbons (Fsp3) is 0.619. The Labute approximate surface area is 154 Å². The summed E-state index contributed by atoms with van der Waals surface area (Å²) >= 11 is 1.79. The quantitative estimate of drug-likeness (QED) is 0.702. The lowest BCUT2D eigenvalue weighted by Gasteiger charge is -2.28. The van der Waals surface area contributed by atoms with Gasteiger partial charge in [0.25, 0.3) is 0 Å². The van der Waals surface area contributed by atoms with Crippen LogP contribution in [0, 0.1) is 17.8 Å². The van der Waals surface area contributed by atoms with Crippen LogP contribution in [0.4, 0.5) is 0 Å². The van der Waals surface area contributed by atoms with E-state index in [4.69, 9.17) is 4.74 Å². The third kappa shape index (κ3) is 4.11. The number of ketones is 1. The zero-order chi connectivity index (χ0) is 18.0. The second kappa shape index (κ2) is 7.94. The number of hydrogen-bond acceptors (Lipinski definition) is 4. The second-order valence-electron chi connectivity index (χ2n) is 7.83. The van der Waals surface area contributed by atoms with E-state index in [0.29, 0.717) is 24.2 Å². The molecule has 4 heteroatoms. The molecule has 1 aliphatic heterocycles. The molecular weight excluding hydrogens is 332 g/mol. The molecule has 136 valence electrons. The molecule has 1 fully saturated rings. The topological polar surface area (TPSA) is 43.4 Å². The standard InChI is InChI=1S/C21H28O3S/c1-13(2)11-24-21(23)14(3)15-8-9-18-19(10-15)25-12-16-6-4-5-7-17(16)20(18)22/h8-10,13-14,16-17H,4-7,11-12H2,1-3H3/t14?,16-,17+/m0/s1. The molecule has 1 heterocycles. The van der Waals surface area contributed by atoms with Crippen LogP contribution >= 0.6 is 11.8 Å². The van der Waals surface area contributed by atoms with Crippen molar-refractivity contribution in [3.05, 3.63) is 29.3 Å². The highest BCUT2D eigenvalue weighted by molar-refractivity contribution is 7.99. The molecule has 2 aliphatic rings. The minimum absolute atomic E-state index is 0.188. The summed E-state index contributed by atoms with van der Waals surface area (Å²) in [4.78, 5) is 26.3. The highest BCUT2D eigenvalue weighted by Crippen LogP contribution is 2.42. The van der Waals surface area contributed by atoms with Crippen molar-refractivity contribution < 1.29 is 14.3 Å². The Morgan fingerprint density at radius 1 is 1.24 bits per heavy atom. The van der Waals surface area contributed by atoms with Crippen molar-refractivity contribution >= 4 is 23.5 Å². The van der Waals surface area contributed by atoms with Gasteiger partial charge in [-0.05, 0) is 49.3 Å². The fourth-order valence-electron chi connectivity index (χ4n) is 3.79. The van der Waals surface area contributed by atoms with Crippen molar-refractivity contribution in [3.63, 3.8) is 0 Å².